The maximum absolute atomic E-state index is 12.6. The van der Waals surface area contributed by atoms with Crippen molar-refractivity contribution in [3.05, 3.63) is 36.2 Å². The van der Waals surface area contributed by atoms with Gasteiger partial charge in [-0.2, -0.15) is 13.2 Å². The van der Waals surface area contributed by atoms with Gasteiger partial charge in [-0.15, -0.1) is 0 Å². The molecule has 0 saturated carbocycles. The Morgan fingerprint density at radius 3 is 2.50 bits per heavy atom. The van der Waals surface area contributed by atoms with Gasteiger partial charge in [0.1, 0.15) is 5.01 Å². The van der Waals surface area contributed by atoms with E-state index in [1.54, 1.807) is 0 Å². The summed E-state index contributed by atoms with van der Waals surface area (Å²) in [7, 11) is 0. The molecule has 0 unspecified atom stereocenters. The summed E-state index contributed by atoms with van der Waals surface area (Å²) >= 11 is 1.23. The molecule has 2 aromatic heterocycles. The molecule has 0 aliphatic rings. The van der Waals surface area contributed by atoms with Gasteiger partial charge in [-0.3, -0.25) is 0 Å². The van der Waals surface area contributed by atoms with Gasteiger partial charge in [-0.05, 0) is 18.2 Å². The number of hydrogen-bond acceptors (Lipinski definition) is 5. The third-order valence-electron chi connectivity index (χ3n) is 2.66. The zero-order valence-electron chi connectivity index (χ0n) is 9.85. The molecule has 102 valence electrons. The van der Waals surface area contributed by atoms with Crippen LogP contribution in [0.4, 0.5) is 18.9 Å². The molecule has 0 fully saturated rings. The largest absolute Gasteiger partial charge is 0.416 e. The van der Waals surface area contributed by atoms with Crippen molar-refractivity contribution in [1.82, 2.24) is 15.0 Å². The van der Waals surface area contributed by atoms with Gasteiger partial charge in [0.25, 0.3) is 0 Å². The molecule has 0 amide bonds. The third kappa shape index (κ3) is 2.18. The second kappa shape index (κ2) is 4.41. The Kier molecular flexibility index (Phi) is 2.82. The number of nitrogen functional groups attached to an aromatic ring is 1. The molecule has 1 aromatic carbocycles. The number of halogens is 3. The Balaban J connectivity index is 2.10. The summed E-state index contributed by atoms with van der Waals surface area (Å²) in [5, 5.41) is 0.498. The number of hydrogen-bond donors (Lipinski definition) is 1. The molecular formula is C12H7F3N4S. The average molecular weight is 296 g/mol. The van der Waals surface area contributed by atoms with E-state index >= 15 is 0 Å². The van der Waals surface area contributed by atoms with Crippen LogP contribution < -0.4 is 5.73 Å². The van der Waals surface area contributed by atoms with Crippen LogP contribution in [0.3, 0.4) is 0 Å². The van der Waals surface area contributed by atoms with Crippen molar-refractivity contribution in [2.75, 3.05) is 5.73 Å². The van der Waals surface area contributed by atoms with E-state index < -0.39 is 11.7 Å². The van der Waals surface area contributed by atoms with Gasteiger partial charge in [0.05, 0.1) is 5.56 Å². The number of alkyl halides is 3. The van der Waals surface area contributed by atoms with E-state index in [-0.39, 0.29) is 5.69 Å². The summed E-state index contributed by atoms with van der Waals surface area (Å²) in [6.07, 6.45) is -1.38. The van der Waals surface area contributed by atoms with Gasteiger partial charge < -0.3 is 5.73 Å². The zero-order valence-corrected chi connectivity index (χ0v) is 10.7. The summed E-state index contributed by atoms with van der Waals surface area (Å²) in [6.45, 7) is 0. The lowest BCUT2D eigenvalue weighted by molar-refractivity contribution is -0.137. The standard InChI is InChI=1S/C12H7F3N4S/c13-12(14,15)6-1-2-7(8(16)5-6)10-19-9-11(20-10)18-4-3-17-9/h1-5H,16H2. The first-order valence-electron chi connectivity index (χ1n) is 5.50. The lowest BCUT2D eigenvalue weighted by atomic mass is 10.1. The monoisotopic (exact) mass is 296 g/mol. The van der Waals surface area contributed by atoms with E-state index in [1.807, 2.05) is 0 Å². The fourth-order valence-electron chi connectivity index (χ4n) is 1.73. The van der Waals surface area contributed by atoms with Crippen LogP contribution in [-0.4, -0.2) is 15.0 Å². The Labute approximate surface area is 115 Å². The number of fused-ring (bicyclic) bond motifs is 1. The first-order chi connectivity index (χ1) is 9.45. The first kappa shape index (κ1) is 12.8. The minimum absolute atomic E-state index is 0.0267. The van der Waals surface area contributed by atoms with Crippen molar-refractivity contribution in [2.24, 2.45) is 0 Å². The van der Waals surface area contributed by atoms with Gasteiger partial charge in [0.2, 0.25) is 0 Å². The van der Waals surface area contributed by atoms with Crippen LogP contribution in [0.1, 0.15) is 5.56 Å². The molecule has 3 aromatic rings. The second-order valence-corrected chi connectivity index (χ2v) is 4.98. The molecular weight excluding hydrogens is 289 g/mol. The average Bonchev–Trinajstić information content (AvgIpc) is 2.80. The summed E-state index contributed by atoms with van der Waals surface area (Å²) in [4.78, 5) is 12.9. The van der Waals surface area contributed by atoms with Gasteiger partial charge in [-0.1, -0.05) is 11.3 Å². The molecule has 4 nitrogen and oxygen atoms in total. The van der Waals surface area contributed by atoms with Gasteiger partial charge in [0, 0.05) is 23.6 Å². The molecule has 0 atom stereocenters. The topological polar surface area (TPSA) is 64.7 Å². The zero-order chi connectivity index (χ0) is 14.3. The highest BCUT2D eigenvalue weighted by atomic mass is 32.1. The summed E-state index contributed by atoms with van der Waals surface area (Å²) in [6, 6.07) is 3.21. The predicted molar refractivity (Wildman–Crippen MR) is 70.1 cm³/mol. The number of anilines is 1. The number of nitrogens with zero attached hydrogens (tertiary/aromatic N) is 3. The minimum Gasteiger partial charge on any atom is -0.398 e. The number of thiazole rings is 1. The molecule has 8 heteroatoms. The molecule has 2 heterocycles. The van der Waals surface area contributed by atoms with Crippen LogP contribution >= 0.6 is 11.3 Å². The van der Waals surface area contributed by atoms with Crippen LogP contribution in [0.2, 0.25) is 0 Å². The first-order valence-corrected chi connectivity index (χ1v) is 6.31. The van der Waals surface area contributed by atoms with Crippen molar-refractivity contribution >= 4 is 27.5 Å². The van der Waals surface area contributed by atoms with E-state index in [9.17, 15) is 13.2 Å². The molecule has 0 saturated heterocycles. The molecule has 20 heavy (non-hydrogen) atoms. The lowest BCUT2D eigenvalue weighted by Gasteiger charge is -2.09. The van der Waals surface area contributed by atoms with Crippen LogP contribution in [0, 0.1) is 0 Å². The molecule has 0 aliphatic carbocycles. The summed E-state index contributed by atoms with van der Waals surface area (Å²) < 4.78 is 37.7. The molecule has 3 rings (SSSR count). The quantitative estimate of drug-likeness (QED) is 0.699. The van der Waals surface area contributed by atoms with Gasteiger partial charge in [-0.25, -0.2) is 15.0 Å². The second-order valence-electron chi connectivity index (χ2n) is 4.00. The number of benzene rings is 1. The third-order valence-corrected chi connectivity index (χ3v) is 3.64. The number of nitrogens with two attached hydrogens (primary N) is 1. The Morgan fingerprint density at radius 1 is 1.10 bits per heavy atom. The maximum Gasteiger partial charge on any atom is 0.416 e. The number of rotatable bonds is 1. The van der Waals surface area contributed by atoms with Crippen molar-refractivity contribution in [2.45, 2.75) is 6.18 Å². The molecule has 0 radical (unpaired) electrons. The van der Waals surface area contributed by atoms with E-state index in [1.165, 1.54) is 29.8 Å². The van der Waals surface area contributed by atoms with E-state index in [0.717, 1.165) is 12.1 Å². The van der Waals surface area contributed by atoms with E-state index in [4.69, 9.17) is 5.73 Å². The van der Waals surface area contributed by atoms with Crippen molar-refractivity contribution in [1.29, 1.82) is 0 Å². The smallest absolute Gasteiger partial charge is 0.398 e. The molecule has 0 aliphatic heterocycles. The van der Waals surface area contributed by atoms with Gasteiger partial charge in [0.15, 0.2) is 10.5 Å². The molecule has 2 N–H and O–H groups in total. The minimum atomic E-state index is -4.41. The van der Waals surface area contributed by atoms with Gasteiger partial charge >= 0.3 is 6.18 Å². The predicted octanol–water partition coefficient (Wildman–Crippen LogP) is 3.35. The highest BCUT2D eigenvalue weighted by Gasteiger charge is 2.31. The van der Waals surface area contributed by atoms with Crippen molar-refractivity contribution < 1.29 is 13.2 Å². The lowest BCUT2D eigenvalue weighted by Crippen LogP contribution is -2.05. The van der Waals surface area contributed by atoms with Crippen LogP contribution in [0.25, 0.3) is 21.0 Å². The molecule has 0 bridgehead atoms. The maximum atomic E-state index is 12.6. The summed E-state index contributed by atoms with van der Waals surface area (Å²) in [5.41, 5.74) is 5.84. The number of aromatic nitrogens is 3. The fourth-order valence-corrected chi connectivity index (χ4v) is 2.64. The highest BCUT2D eigenvalue weighted by Crippen LogP contribution is 2.36. The summed E-state index contributed by atoms with van der Waals surface area (Å²) in [5.74, 6) is 0. The highest BCUT2D eigenvalue weighted by molar-refractivity contribution is 7.21. The van der Waals surface area contributed by atoms with E-state index in [0.29, 0.717) is 21.0 Å². The van der Waals surface area contributed by atoms with Crippen LogP contribution in [-0.2, 0) is 6.18 Å². The SMILES string of the molecule is Nc1cc(C(F)(F)F)ccc1-c1nc2nccnc2s1. The Bertz CT molecular complexity index is 749. The fraction of sp³-hybridized carbons (Fsp3) is 0.0833. The Hall–Kier alpha value is -2.22. The van der Waals surface area contributed by atoms with Crippen molar-refractivity contribution in [3.63, 3.8) is 0 Å². The Morgan fingerprint density at radius 2 is 1.85 bits per heavy atom. The van der Waals surface area contributed by atoms with Crippen LogP contribution in [0.15, 0.2) is 30.6 Å². The molecule has 0 spiro atoms. The van der Waals surface area contributed by atoms with E-state index in [2.05, 4.69) is 15.0 Å². The normalized spacial score (nSPS) is 11.9. The van der Waals surface area contributed by atoms with Crippen LogP contribution in [0.5, 0.6) is 0 Å². The van der Waals surface area contributed by atoms with Crippen molar-refractivity contribution in [3.8, 4) is 10.6 Å².